The quantitative estimate of drug-likeness (QED) is 0.471. The molecule has 2 rings (SSSR count). The van der Waals surface area contributed by atoms with Gasteiger partial charge in [-0.1, -0.05) is 23.7 Å². The summed E-state index contributed by atoms with van der Waals surface area (Å²) in [5, 5.41) is 0.639. The van der Waals surface area contributed by atoms with Crippen molar-refractivity contribution in [2.24, 2.45) is 5.84 Å². The third kappa shape index (κ3) is 4.23. The second-order valence-electron chi connectivity index (χ2n) is 4.72. The summed E-state index contributed by atoms with van der Waals surface area (Å²) in [5.74, 6) is 4.34. The lowest BCUT2D eigenvalue weighted by Gasteiger charge is -2.17. The Morgan fingerprint density at radius 2 is 1.76 bits per heavy atom. The number of hydrogen-bond donors (Lipinski definition) is 2. The van der Waals surface area contributed by atoms with Crippen LogP contribution in [0.25, 0.3) is 0 Å². The van der Waals surface area contributed by atoms with Gasteiger partial charge < -0.3 is 0 Å². The molecular weight excluding hydrogens is 362 g/mol. The highest BCUT2D eigenvalue weighted by Crippen LogP contribution is 2.23. The van der Waals surface area contributed by atoms with Crippen LogP contribution in [0.3, 0.4) is 0 Å². The molecule has 3 N–H and O–H groups in total. The number of halogens is 4. The predicted octanol–water partition coefficient (Wildman–Crippen LogP) is 4.00. The third-order valence-electron chi connectivity index (χ3n) is 3.22. The van der Waals surface area contributed by atoms with Crippen LogP contribution in [-0.2, 0) is 12.8 Å². The number of nitrogens with two attached hydrogens (primary N) is 1. The van der Waals surface area contributed by atoms with Crippen LogP contribution < -0.4 is 11.3 Å². The highest BCUT2D eigenvalue weighted by atomic mass is 79.9. The van der Waals surface area contributed by atoms with Crippen LogP contribution in [0.15, 0.2) is 40.9 Å². The molecule has 0 radical (unpaired) electrons. The molecule has 1 unspecified atom stereocenters. The molecule has 0 fully saturated rings. The topological polar surface area (TPSA) is 38.0 Å². The zero-order chi connectivity index (χ0) is 15.4. The van der Waals surface area contributed by atoms with E-state index >= 15 is 0 Å². The van der Waals surface area contributed by atoms with Crippen molar-refractivity contribution in [2.45, 2.75) is 18.9 Å². The molecule has 0 spiro atoms. The van der Waals surface area contributed by atoms with Gasteiger partial charge in [0.2, 0.25) is 0 Å². The van der Waals surface area contributed by atoms with Crippen molar-refractivity contribution >= 4 is 27.5 Å². The van der Waals surface area contributed by atoms with Gasteiger partial charge >= 0.3 is 0 Å². The van der Waals surface area contributed by atoms with E-state index in [0.29, 0.717) is 11.4 Å². The first-order valence-electron chi connectivity index (χ1n) is 6.34. The minimum atomic E-state index is -0.591. The lowest BCUT2D eigenvalue weighted by Crippen LogP contribution is -2.38. The first kappa shape index (κ1) is 16.4. The summed E-state index contributed by atoms with van der Waals surface area (Å²) >= 11 is 8.89. The Morgan fingerprint density at radius 3 is 2.38 bits per heavy atom. The third-order valence-corrected chi connectivity index (χ3v) is 4.08. The molecule has 112 valence electrons. The van der Waals surface area contributed by atoms with E-state index in [1.165, 1.54) is 12.1 Å². The van der Waals surface area contributed by atoms with Crippen LogP contribution in [0.1, 0.15) is 11.1 Å². The summed E-state index contributed by atoms with van der Waals surface area (Å²) in [5.41, 5.74) is 3.61. The highest BCUT2D eigenvalue weighted by Gasteiger charge is 2.17. The van der Waals surface area contributed by atoms with Gasteiger partial charge in [-0.05, 0) is 58.6 Å². The fraction of sp³-hybridized carbons (Fsp3) is 0.200. The predicted molar refractivity (Wildman–Crippen MR) is 84.0 cm³/mol. The van der Waals surface area contributed by atoms with Gasteiger partial charge in [-0.25, -0.2) is 8.78 Å². The SMILES string of the molecule is NNC(Cc1ccc(Cl)cc1)Cc1c(F)ccc(Br)c1F. The Morgan fingerprint density at radius 1 is 1.10 bits per heavy atom. The van der Waals surface area contributed by atoms with E-state index in [9.17, 15) is 8.78 Å². The molecule has 1 atom stereocenters. The van der Waals surface area contributed by atoms with Crippen molar-refractivity contribution in [1.82, 2.24) is 5.43 Å². The molecule has 2 aromatic rings. The molecule has 0 aliphatic heterocycles. The van der Waals surface area contributed by atoms with Gasteiger partial charge in [-0.15, -0.1) is 0 Å². The van der Waals surface area contributed by atoms with Crippen molar-refractivity contribution in [3.63, 3.8) is 0 Å². The first-order chi connectivity index (χ1) is 10.0. The second-order valence-corrected chi connectivity index (χ2v) is 6.01. The molecule has 0 aliphatic rings. The summed E-state index contributed by atoms with van der Waals surface area (Å²) in [4.78, 5) is 0. The molecule has 6 heteroatoms. The monoisotopic (exact) mass is 374 g/mol. The van der Waals surface area contributed by atoms with Crippen LogP contribution in [0.2, 0.25) is 5.02 Å². The van der Waals surface area contributed by atoms with Crippen LogP contribution >= 0.6 is 27.5 Å². The zero-order valence-electron chi connectivity index (χ0n) is 11.0. The minimum absolute atomic E-state index is 0.0151. The molecule has 0 saturated heterocycles. The van der Waals surface area contributed by atoms with Gasteiger partial charge in [-0.2, -0.15) is 0 Å². The van der Waals surface area contributed by atoms with Crippen LogP contribution in [-0.4, -0.2) is 6.04 Å². The Hall–Kier alpha value is -1.01. The lowest BCUT2D eigenvalue weighted by molar-refractivity contribution is 0.483. The van der Waals surface area contributed by atoms with Crippen LogP contribution in [0, 0.1) is 11.6 Å². The van der Waals surface area contributed by atoms with Gasteiger partial charge in [0.05, 0.1) is 4.47 Å². The Labute approximate surface area is 135 Å². The average molecular weight is 376 g/mol. The van der Waals surface area contributed by atoms with Gasteiger partial charge in [-0.3, -0.25) is 11.3 Å². The van der Waals surface area contributed by atoms with Crippen LogP contribution in [0.5, 0.6) is 0 Å². The van der Waals surface area contributed by atoms with Gasteiger partial charge in [0, 0.05) is 16.6 Å². The summed E-state index contributed by atoms with van der Waals surface area (Å²) < 4.78 is 28.0. The first-order valence-corrected chi connectivity index (χ1v) is 7.51. The molecule has 2 aromatic carbocycles. The number of hydrogen-bond acceptors (Lipinski definition) is 2. The van der Waals surface area contributed by atoms with Crippen molar-refractivity contribution < 1.29 is 8.78 Å². The van der Waals surface area contributed by atoms with E-state index in [0.717, 1.165) is 5.56 Å². The molecule has 0 heterocycles. The normalized spacial score (nSPS) is 12.4. The van der Waals surface area contributed by atoms with Crippen molar-refractivity contribution in [3.05, 3.63) is 68.7 Å². The Bertz CT molecular complexity index is 620. The lowest BCUT2D eigenvalue weighted by atomic mass is 9.99. The maximum Gasteiger partial charge on any atom is 0.143 e. The summed E-state index contributed by atoms with van der Waals surface area (Å²) in [6.07, 6.45) is 0.690. The van der Waals surface area contributed by atoms with E-state index in [1.54, 1.807) is 12.1 Å². The smallest absolute Gasteiger partial charge is 0.143 e. The van der Waals surface area contributed by atoms with Gasteiger partial charge in [0.25, 0.3) is 0 Å². The summed E-state index contributed by atoms with van der Waals surface area (Å²) in [6.45, 7) is 0. The van der Waals surface area contributed by atoms with E-state index in [2.05, 4.69) is 21.4 Å². The molecule has 2 nitrogen and oxygen atoms in total. The molecule has 0 aromatic heterocycles. The Kier molecular flexibility index (Phi) is 5.70. The average Bonchev–Trinajstić information content (AvgIpc) is 2.48. The van der Waals surface area contributed by atoms with E-state index in [1.807, 2.05) is 12.1 Å². The largest absolute Gasteiger partial charge is 0.271 e. The maximum absolute atomic E-state index is 14.0. The zero-order valence-corrected chi connectivity index (χ0v) is 13.4. The van der Waals surface area contributed by atoms with Crippen molar-refractivity contribution in [3.8, 4) is 0 Å². The van der Waals surface area contributed by atoms with Crippen LogP contribution in [0.4, 0.5) is 8.78 Å². The highest BCUT2D eigenvalue weighted by molar-refractivity contribution is 9.10. The number of benzene rings is 2. The minimum Gasteiger partial charge on any atom is -0.271 e. The molecule has 0 amide bonds. The number of hydrazine groups is 1. The Balaban J connectivity index is 2.16. The van der Waals surface area contributed by atoms with Crippen molar-refractivity contribution in [2.75, 3.05) is 0 Å². The van der Waals surface area contributed by atoms with Gasteiger partial charge in [0.1, 0.15) is 11.6 Å². The number of nitrogens with one attached hydrogen (secondary N) is 1. The fourth-order valence-electron chi connectivity index (χ4n) is 2.10. The molecule has 21 heavy (non-hydrogen) atoms. The summed E-state index contributed by atoms with van der Waals surface area (Å²) in [6, 6.07) is 9.55. The molecular formula is C15H14BrClF2N2. The molecule has 0 saturated carbocycles. The maximum atomic E-state index is 14.0. The summed E-state index contributed by atoms with van der Waals surface area (Å²) in [7, 11) is 0. The van der Waals surface area contributed by atoms with E-state index in [-0.39, 0.29) is 22.5 Å². The van der Waals surface area contributed by atoms with Crippen molar-refractivity contribution in [1.29, 1.82) is 0 Å². The van der Waals surface area contributed by atoms with Gasteiger partial charge in [0.15, 0.2) is 0 Å². The van der Waals surface area contributed by atoms with E-state index in [4.69, 9.17) is 17.4 Å². The molecule has 0 bridgehead atoms. The number of rotatable bonds is 5. The van der Waals surface area contributed by atoms with E-state index < -0.39 is 11.6 Å². The standard InChI is InChI=1S/C15H14BrClF2N2/c16-13-5-6-14(18)12(15(13)19)8-11(21-20)7-9-1-3-10(17)4-2-9/h1-6,11,21H,7-8,20H2. The second kappa shape index (κ2) is 7.31. The molecule has 0 aliphatic carbocycles. The fourth-order valence-corrected chi connectivity index (χ4v) is 2.60.